The van der Waals surface area contributed by atoms with Crippen molar-refractivity contribution in [1.82, 2.24) is 10.6 Å². The molecular weight excluding hydrogens is 431 g/mol. The van der Waals surface area contributed by atoms with E-state index in [4.69, 9.17) is 11.6 Å². The lowest BCUT2D eigenvalue weighted by atomic mass is 10.1. The highest BCUT2D eigenvalue weighted by molar-refractivity contribution is 7.92. The molecule has 1 amide bonds. The number of anilines is 2. The Morgan fingerprint density at radius 3 is 2.60 bits per heavy atom. The van der Waals surface area contributed by atoms with E-state index >= 15 is 0 Å². The maximum absolute atomic E-state index is 13.5. The predicted octanol–water partition coefficient (Wildman–Crippen LogP) is 2.83. The fourth-order valence-corrected chi connectivity index (χ4v) is 4.47. The number of hydrogen-bond donors (Lipinski definition) is 3. The van der Waals surface area contributed by atoms with Crippen LogP contribution in [0.25, 0.3) is 0 Å². The molecule has 0 unspecified atom stereocenters. The van der Waals surface area contributed by atoms with Gasteiger partial charge in [-0.05, 0) is 42.8 Å². The highest BCUT2D eigenvalue weighted by atomic mass is 35.5. The van der Waals surface area contributed by atoms with Crippen LogP contribution < -0.4 is 20.3 Å². The van der Waals surface area contributed by atoms with Crippen molar-refractivity contribution in [2.24, 2.45) is 0 Å². The first-order valence-electron chi connectivity index (χ1n) is 9.67. The molecule has 2 aromatic rings. The summed E-state index contributed by atoms with van der Waals surface area (Å²) in [6, 6.07) is 8.14. The van der Waals surface area contributed by atoms with E-state index in [9.17, 15) is 17.6 Å². The molecule has 1 heterocycles. The fraction of sp³-hybridized carbons (Fsp3) is 0.350. The van der Waals surface area contributed by atoms with Gasteiger partial charge in [0, 0.05) is 38.3 Å². The summed E-state index contributed by atoms with van der Waals surface area (Å²) in [4.78, 5) is 14.3. The SMILES string of the molecule is CCCNC(=O)c1ccc(N2CCNCC2)c(NS(=O)(=O)c2ccc(F)c(Cl)c2)c1. The van der Waals surface area contributed by atoms with Gasteiger partial charge in [0.1, 0.15) is 5.82 Å². The Morgan fingerprint density at radius 1 is 1.20 bits per heavy atom. The van der Waals surface area contributed by atoms with Gasteiger partial charge in [0.15, 0.2) is 0 Å². The number of rotatable bonds is 7. The largest absolute Gasteiger partial charge is 0.367 e. The van der Waals surface area contributed by atoms with Crippen molar-refractivity contribution in [3.63, 3.8) is 0 Å². The molecule has 0 atom stereocenters. The Morgan fingerprint density at radius 2 is 1.93 bits per heavy atom. The number of hydrogen-bond acceptors (Lipinski definition) is 5. The highest BCUT2D eigenvalue weighted by Gasteiger charge is 2.22. The number of amides is 1. The Balaban J connectivity index is 1.98. The monoisotopic (exact) mass is 454 g/mol. The maximum Gasteiger partial charge on any atom is 0.262 e. The summed E-state index contributed by atoms with van der Waals surface area (Å²) in [5.41, 5.74) is 1.29. The first-order chi connectivity index (χ1) is 14.3. The van der Waals surface area contributed by atoms with Crippen LogP contribution in [0, 0.1) is 5.82 Å². The molecule has 0 aromatic heterocycles. The van der Waals surface area contributed by atoms with E-state index in [2.05, 4.69) is 15.4 Å². The third-order valence-electron chi connectivity index (χ3n) is 4.70. The first-order valence-corrected chi connectivity index (χ1v) is 11.5. The molecule has 1 aliphatic rings. The van der Waals surface area contributed by atoms with Crippen LogP contribution in [0.5, 0.6) is 0 Å². The second-order valence-corrected chi connectivity index (χ2v) is 9.00. The number of piperazine rings is 1. The highest BCUT2D eigenvalue weighted by Crippen LogP contribution is 2.30. The van der Waals surface area contributed by atoms with Crippen LogP contribution in [-0.4, -0.2) is 47.0 Å². The average molecular weight is 455 g/mol. The minimum Gasteiger partial charge on any atom is -0.367 e. The van der Waals surface area contributed by atoms with E-state index in [1.807, 2.05) is 11.8 Å². The molecule has 30 heavy (non-hydrogen) atoms. The molecule has 0 spiro atoms. The Hall–Kier alpha value is -2.36. The number of sulfonamides is 1. The standard InChI is InChI=1S/C20H24ClFN4O3S/c1-2-7-24-20(27)14-3-6-19(26-10-8-23-9-11-26)18(12-14)25-30(28,29)15-4-5-17(22)16(21)13-15/h3-6,12-13,23,25H,2,7-11H2,1H3,(H,24,27). The molecule has 2 aromatic carbocycles. The van der Waals surface area contributed by atoms with Crippen molar-refractivity contribution in [3.8, 4) is 0 Å². The van der Waals surface area contributed by atoms with Gasteiger partial charge in [0.25, 0.3) is 15.9 Å². The Kier molecular flexibility index (Phi) is 7.17. The van der Waals surface area contributed by atoms with Gasteiger partial charge in [-0.2, -0.15) is 0 Å². The number of halogens is 2. The molecule has 0 radical (unpaired) electrons. The third kappa shape index (κ3) is 5.21. The smallest absolute Gasteiger partial charge is 0.262 e. The molecule has 3 N–H and O–H groups in total. The average Bonchev–Trinajstić information content (AvgIpc) is 2.74. The van der Waals surface area contributed by atoms with Crippen molar-refractivity contribution in [1.29, 1.82) is 0 Å². The zero-order valence-corrected chi connectivity index (χ0v) is 18.1. The number of nitrogens with one attached hydrogen (secondary N) is 3. The first kappa shape index (κ1) is 22.3. The van der Waals surface area contributed by atoms with E-state index in [-0.39, 0.29) is 21.5 Å². The van der Waals surface area contributed by atoms with Crippen molar-refractivity contribution >= 4 is 38.9 Å². The van der Waals surface area contributed by atoms with Crippen molar-refractivity contribution < 1.29 is 17.6 Å². The lowest BCUT2D eigenvalue weighted by molar-refractivity contribution is 0.0953. The zero-order chi connectivity index (χ0) is 21.7. The number of carbonyl (C=O) groups excluding carboxylic acids is 1. The van der Waals surface area contributed by atoms with Gasteiger partial charge in [-0.1, -0.05) is 18.5 Å². The van der Waals surface area contributed by atoms with Crippen LogP contribution in [0.1, 0.15) is 23.7 Å². The van der Waals surface area contributed by atoms with Crippen LogP contribution in [0.2, 0.25) is 5.02 Å². The number of nitrogens with zero attached hydrogens (tertiary/aromatic N) is 1. The molecule has 10 heteroatoms. The van der Waals surface area contributed by atoms with Crippen molar-refractivity contribution in [2.45, 2.75) is 18.2 Å². The van der Waals surface area contributed by atoms with Gasteiger partial charge in [-0.15, -0.1) is 0 Å². The molecule has 3 rings (SSSR count). The summed E-state index contributed by atoms with van der Waals surface area (Å²) < 4.78 is 41.9. The van der Waals surface area contributed by atoms with Gasteiger partial charge in [0.2, 0.25) is 0 Å². The minimum absolute atomic E-state index is 0.166. The lowest BCUT2D eigenvalue weighted by Crippen LogP contribution is -2.43. The maximum atomic E-state index is 13.5. The van der Waals surface area contributed by atoms with Gasteiger partial charge in [0.05, 0.1) is 21.3 Å². The van der Waals surface area contributed by atoms with Gasteiger partial charge in [-0.3, -0.25) is 9.52 Å². The summed E-state index contributed by atoms with van der Waals surface area (Å²) in [6.07, 6.45) is 0.787. The van der Waals surface area contributed by atoms with Crippen LogP contribution in [0.15, 0.2) is 41.3 Å². The Labute approximate surface area is 180 Å². The van der Waals surface area contributed by atoms with Crippen molar-refractivity contribution in [3.05, 3.63) is 52.8 Å². The van der Waals surface area contributed by atoms with Gasteiger partial charge in [-0.25, -0.2) is 12.8 Å². The van der Waals surface area contributed by atoms with E-state index < -0.39 is 15.8 Å². The summed E-state index contributed by atoms with van der Waals surface area (Å²) in [5.74, 6) is -0.985. The lowest BCUT2D eigenvalue weighted by Gasteiger charge is -2.31. The summed E-state index contributed by atoms with van der Waals surface area (Å²) in [5, 5.41) is 5.75. The second-order valence-electron chi connectivity index (χ2n) is 6.91. The van der Waals surface area contributed by atoms with E-state index in [1.54, 1.807) is 12.1 Å². The Bertz CT molecular complexity index is 1030. The third-order valence-corrected chi connectivity index (χ3v) is 6.35. The van der Waals surface area contributed by atoms with Crippen LogP contribution >= 0.6 is 11.6 Å². The molecular formula is C20H24ClFN4O3S. The molecule has 7 nitrogen and oxygen atoms in total. The van der Waals surface area contributed by atoms with Crippen LogP contribution in [0.3, 0.4) is 0 Å². The normalized spacial score (nSPS) is 14.4. The second kappa shape index (κ2) is 9.63. The molecule has 0 saturated carbocycles. The number of carbonyl (C=O) groups is 1. The summed E-state index contributed by atoms with van der Waals surface area (Å²) in [7, 11) is -4.05. The van der Waals surface area contributed by atoms with Crippen LogP contribution in [-0.2, 0) is 10.0 Å². The summed E-state index contributed by atoms with van der Waals surface area (Å²) in [6.45, 7) is 5.38. The number of benzene rings is 2. The van der Waals surface area contributed by atoms with Crippen molar-refractivity contribution in [2.75, 3.05) is 42.3 Å². The van der Waals surface area contributed by atoms with E-state index in [0.29, 0.717) is 30.9 Å². The van der Waals surface area contributed by atoms with Crippen LogP contribution in [0.4, 0.5) is 15.8 Å². The van der Waals surface area contributed by atoms with Gasteiger partial charge < -0.3 is 15.5 Å². The molecule has 0 bridgehead atoms. The molecule has 1 saturated heterocycles. The molecule has 0 aliphatic carbocycles. The minimum atomic E-state index is -4.05. The van der Waals surface area contributed by atoms with Gasteiger partial charge >= 0.3 is 0 Å². The van der Waals surface area contributed by atoms with E-state index in [0.717, 1.165) is 37.7 Å². The molecule has 162 valence electrons. The predicted molar refractivity (Wildman–Crippen MR) is 116 cm³/mol. The van der Waals surface area contributed by atoms with E-state index in [1.165, 1.54) is 6.07 Å². The molecule has 1 fully saturated rings. The quantitative estimate of drug-likeness (QED) is 0.598. The topological polar surface area (TPSA) is 90.5 Å². The fourth-order valence-electron chi connectivity index (χ4n) is 3.13. The summed E-state index contributed by atoms with van der Waals surface area (Å²) >= 11 is 5.76. The molecule has 1 aliphatic heterocycles. The zero-order valence-electron chi connectivity index (χ0n) is 16.5.